The topological polar surface area (TPSA) is 80.2 Å². The maximum atomic E-state index is 12.6. The van der Waals surface area contributed by atoms with Crippen LogP contribution >= 0.6 is 0 Å². The SMILES string of the molecule is CC(=O)Nc1cccc(NC(=O)c2ccc(=O)n(Cc3cccc(C)c3)c2)c1. The molecule has 0 aliphatic heterocycles. The van der Waals surface area contributed by atoms with Gasteiger partial charge in [-0.3, -0.25) is 14.4 Å². The van der Waals surface area contributed by atoms with Gasteiger partial charge in [-0.15, -0.1) is 0 Å². The highest BCUT2D eigenvalue weighted by Crippen LogP contribution is 2.16. The number of anilines is 2. The highest BCUT2D eigenvalue weighted by Gasteiger charge is 2.09. The van der Waals surface area contributed by atoms with Crippen LogP contribution in [0.1, 0.15) is 28.4 Å². The lowest BCUT2D eigenvalue weighted by Crippen LogP contribution is -2.22. The zero-order chi connectivity index (χ0) is 20.1. The molecule has 3 rings (SSSR count). The van der Waals surface area contributed by atoms with Crippen molar-refractivity contribution in [1.29, 1.82) is 0 Å². The van der Waals surface area contributed by atoms with Crippen LogP contribution in [0.4, 0.5) is 11.4 Å². The zero-order valence-corrected chi connectivity index (χ0v) is 15.7. The van der Waals surface area contributed by atoms with E-state index in [0.717, 1.165) is 11.1 Å². The van der Waals surface area contributed by atoms with Crippen molar-refractivity contribution in [3.8, 4) is 0 Å². The molecule has 0 saturated carbocycles. The van der Waals surface area contributed by atoms with Gasteiger partial charge < -0.3 is 15.2 Å². The molecular weight excluding hydrogens is 354 g/mol. The number of carbonyl (C=O) groups excluding carboxylic acids is 2. The molecule has 28 heavy (non-hydrogen) atoms. The van der Waals surface area contributed by atoms with E-state index in [1.165, 1.54) is 23.6 Å². The highest BCUT2D eigenvalue weighted by molar-refractivity contribution is 6.04. The van der Waals surface area contributed by atoms with Crippen LogP contribution in [0.15, 0.2) is 71.7 Å². The lowest BCUT2D eigenvalue weighted by Gasteiger charge is -2.10. The number of hydrogen-bond acceptors (Lipinski definition) is 3. The summed E-state index contributed by atoms with van der Waals surface area (Å²) in [6.07, 6.45) is 1.55. The Kier molecular flexibility index (Phi) is 5.69. The maximum Gasteiger partial charge on any atom is 0.257 e. The first-order valence-electron chi connectivity index (χ1n) is 8.86. The summed E-state index contributed by atoms with van der Waals surface area (Å²) in [4.78, 5) is 36.0. The number of nitrogens with one attached hydrogen (secondary N) is 2. The minimum atomic E-state index is -0.335. The van der Waals surface area contributed by atoms with Gasteiger partial charge in [0.15, 0.2) is 0 Å². The summed E-state index contributed by atoms with van der Waals surface area (Å²) >= 11 is 0. The highest BCUT2D eigenvalue weighted by atomic mass is 16.2. The van der Waals surface area contributed by atoms with Gasteiger partial charge in [0.2, 0.25) is 5.91 Å². The van der Waals surface area contributed by atoms with Gasteiger partial charge in [0.1, 0.15) is 0 Å². The van der Waals surface area contributed by atoms with E-state index in [1.807, 2.05) is 31.2 Å². The van der Waals surface area contributed by atoms with Gasteiger partial charge in [-0.2, -0.15) is 0 Å². The van der Waals surface area contributed by atoms with Crippen LogP contribution in [0.5, 0.6) is 0 Å². The van der Waals surface area contributed by atoms with Crippen molar-refractivity contribution >= 4 is 23.2 Å². The molecule has 142 valence electrons. The first-order chi connectivity index (χ1) is 13.4. The number of nitrogens with zero attached hydrogens (tertiary/aromatic N) is 1. The first-order valence-corrected chi connectivity index (χ1v) is 8.86. The van der Waals surface area contributed by atoms with Gasteiger partial charge in [0, 0.05) is 30.6 Å². The van der Waals surface area contributed by atoms with Crippen molar-refractivity contribution in [1.82, 2.24) is 4.57 Å². The minimum Gasteiger partial charge on any atom is -0.326 e. The molecule has 2 amide bonds. The smallest absolute Gasteiger partial charge is 0.257 e. The number of amides is 2. The van der Waals surface area contributed by atoms with Gasteiger partial charge in [0.25, 0.3) is 11.5 Å². The van der Waals surface area contributed by atoms with E-state index < -0.39 is 0 Å². The molecule has 0 atom stereocenters. The van der Waals surface area contributed by atoms with Gasteiger partial charge in [0.05, 0.1) is 12.1 Å². The first kappa shape index (κ1) is 19.1. The minimum absolute atomic E-state index is 0.175. The lowest BCUT2D eigenvalue weighted by atomic mass is 10.1. The van der Waals surface area contributed by atoms with E-state index in [9.17, 15) is 14.4 Å². The molecule has 2 aromatic carbocycles. The van der Waals surface area contributed by atoms with Crippen molar-refractivity contribution in [2.75, 3.05) is 10.6 Å². The molecule has 0 bridgehead atoms. The van der Waals surface area contributed by atoms with E-state index in [0.29, 0.717) is 23.5 Å². The average Bonchev–Trinajstić information content (AvgIpc) is 2.63. The summed E-state index contributed by atoms with van der Waals surface area (Å²) in [5, 5.41) is 5.46. The summed E-state index contributed by atoms with van der Waals surface area (Å²) in [6.45, 7) is 3.80. The fraction of sp³-hybridized carbons (Fsp3) is 0.136. The van der Waals surface area contributed by atoms with Crippen molar-refractivity contribution in [2.24, 2.45) is 0 Å². The molecule has 0 unspecified atom stereocenters. The Bertz CT molecular complexity index is 1090. The number of hydrogen-bond donors (Lipinski definition) is 2. The Hall–Kier alpha value is -3.67. The van der Waals surface area contributed by atoms with Crippen molar-refractivity contribution in [3.05, 3.63) is 93.9 Å². The molecule has 0 radical (unpaired) electrons. The third kappa shape index (κ3) is 4.94. The van der Waals surface area contributed by atoms with Gasteiger partial charge in [-0.25, -0.2) is 0 Å². The summed E-state index contributed by atoms with van der Waals surface area (Å²) < 4.78 is 1.51. The van der Waals surface area contributed by atoms with Crippen LogP contribution in [0.25, 0.3) is 0 Å². The molecule has 0 aliphatic carbocycles. The molecule has 1 aromatic heterocycles. The number of carbonyl (C=O) groups is 2. The second-order valence-electron chi connectivity index (χ2n) is 6.59. The van der Waals surface area contributed by atoms with E-state index in [-0.39, 0.29) is 17.4 Å². The Morgan fingerprint density at radius 3 is 2.36 bits per heavy atom. The Labute approximate surface area is 162 Å². The fourth-order valence-electron chi connectivity index (χ4n) is 2.88. The van der Waals surface area contributed by atoms with Crippen LogP contribution in [-0.4, -0.2) is 16.4 Å². The molecule has 3 aromatic rings. The largest absolute Gasteiger partial charge is 0.326 e. The van der Waals surface area contributed by atoms with Gasteiger partial charge in [-0.1, -0.05) is 35.9 Å². The Morgan fingerprint density at radius 2 is 1.64 bits per heavy atom. The number of aromatic nitrogens is 1. The standard InChI is InChI=1S/C22H21N3O3/c1-15-5-3-6-17(11-15)13-25-14-18(9-10-21(25)27)22(28)24-20-8-4-7-19(12-20)23-16(2)26/h3-12,14H,13H2,1-2H3,(H,23,26)(H,24,28). The normalized spacial score (nSPS) is 10.4. The third-order valence-corrected chi connectivity index (χ3v) is 4.12. The van der Waals surface area contributed by atoms with Crippen molar-refractivity contribution in [3.63, 3.8) is 0 Å². The molecule has 0 aliphatic rings. The molecule has 6 nitrogen and oxygen atoms in total. The van der Waals surface area contributed by atoms with Crippen LogP contribution in [-0.2, 0) is 11.3 Å². The maximum absolute atomic E-state index is 12.6. The van der Waals surface area contributed by atoms with E-state index in [4.69, 9.17) is 0 Å². The number of rotatable bonds is 5. The Balaban J connectivity index is 1.79. The lowest BCUT2D eigenvalue weighted by molar-refractivity contribution is -0.114. The second-order valence-corrected chi connectivity index (χ2v) is 6.59. The molecule has 0 saturated heterocycles. The van der Waals surface area contributed by atoms with Crippen molar-refractivity contribution in [2.45, 2.75) is 20.4 Å². The molecule has 6 heteroatoms. The van der Waals surface area contributed by atoms with Gasteiger partial charge >= 0.3 is 0 Å². The predicted octanol–water partition coefficient (Wildman–Crippen LogP) is 3.42. The molecular formula is C22H21N3O3. The van der Waals surface area contributed by atoms with Crippen molar-refractivity contribution < 1.29 is 9.59 Å². The average molecular weight is 375 g/mol. The number of aryl methyl sites for hydroxylation is 1. The quantitative estimate of drug-likeness (QED) is 0.717. The van der Waals surface area contributed by atoms with Crippen LogP contribution in [0.2, 0.25) is 0 Å². The van der Waals surface area contributed by atoms with Crippen LogP contribution < -0.4 is 16.2 Å². The zero-order valence-electron chi connectivity index (χ0n) is 15.7. The molecule has 1 heterocycles. The third-order valence-electron chi connectivity index (χ3n) is 4.12. The fourth-order valence-corrected chi connectivity index (χ4v) is 2.88. The number of benzene rings is 2. The predicted molar refractivity (Wildman–Crippen MR) is 110 cm³/mol. The van der Waals surface area contributed by atoms with E-state index in [2.05, 4.69) is 10.6 Å². The van der Waals surface area contributed by atoms with Crippen LogP contribution in [0, 0.1) is 6.92 Å². The summed E-state index contributed by atoms with van der Waals surface area (Å²) in [7, 11) is 0. The van der Waals surface area contributed by atoms with E-state index >= 15 is 0 Å². The molecule has 2 N–H and O–H groups in total. The molecule has 0 spiro atoms. The van der Waals surface area contributed by atoms with Gasteiger partial charge in [-0.05, 0) is 36.8 Å². The second kappa shape index (κ2) is 8.35. The van der Waals surface area contributed by atoms with E-state index in [1.54, 1.807) is 30.5 Å². The monoisotopic (exact) mass is 375 g/mol. The Morgan fingerprint density at radius 1 is 0.929 bits per heavy atom. The number of pyridine rings is 1. The summed E-state index contributed by atoms with van der Waals surface area (Å²) in [6, 6.07) is 17.6. The summed E-state index contributed by atoms with van der Waals surface area (Å²) in [5.41, 5.74) is 3.44. The molecule has 0 fully saturated rings. The van der Waals surface area contributed by atoms with Crippen LogP contribution in [0.3, 0.4) is 0 Å². The summed E-state index contributed by atoms with van der Waals surface area (Å²) in [5.74, 6) is -0.523.